The van der Waals surface area contributed by atoms with E-state index in [1.165, 1.54) is 5.56 Å². The number of carbonyl (C=O) groups is 1. The highest BCUT2D eigenvalue weighted by Gasteiger charge is 2.18. The molecule has 1 amide bonds. The van der Waals surface area contributed by atoms with Crippen molar-refractivity contribution in [1.82, 2.24) is 19.7 Å². The summed E-state index contributed by atoms with van der Waals surface area (Å²) in [6, 6.07) is 15.7. The van der Waals surface area contributed by atoms with E-state index in [0.717, 1.165) is 22.4 Å². The van der Waals surface area contributed by atoms with E-state index < -0.39 is 0 Å². The van der Waals surface area contributed by atoms with Crippen molar-refractivity contribution in [2.45, 2.75) is 20.3 Å². The van der Waals surface area contributed by atoms with Crippen LogP contribution in [0.1, 0.15) is 28.5 Å². The molecule has 0 bridgehead atoms. The zero-order valence-corrected chi connectivity index (χ0v) is 14.7. The smallest absolute Gasteiger partial charge is 0.261 e. The molecular weight excluding hydrogens is 326 g/mol. The van der Waals surface area contributed by atoms with Crippen LogP contribution in [0.25, 0.3) is 16.7 Å². The lowest BCUT2D eigenvalue weighted by atomic mass is 10.2. The van der Waals surface area contributed by atoms with Crippen LogP contribution in [-0.2, 0) is 6.42 Å². The summed E-state index contributed by atoms with van der Waals surface area (Å²) in [6.45, 7) is 4.06. The predicted molar refractivity (Wildman–Crippen MR) is 102 cm³/mol. The molecule has 2 heterocycles. The van der Waals surface area contributed by atoms with Crippen molar-refractivity contribution in [2.75, 3.05) is 5.32 Å². The highest BCUT2D eigenvalue weighted by Crippen LogP contribution is 2.19. The van der Waals surface area contributed by atoms with E-state index >= 15 is 0 Å². The van der Waals surface area contributed by atoms with Crippen LogP contribution in [0.3, 0.4) is 0 Å². The first-order valence-electron chi connectivity index (χ1n) is 8.55. The number of fused-ring (bicyclic) bond motifs is 1. The van der Waals surface area contributed by atoms with Gasteiger partial charge in [0, 0.05) is 0 Å². The second kappa shape index (κ2) is 6.48. The lowest BCUT2D eigenvalue weighted by molar-refractivity contribution is 0.102. The molecule has 0 saturated heterocycles. The van der Waals surface area contributed by atoms with Gasteiger partial charge in [-0.05, 0) is 37.6 Å². The number of anilines is 1. The largest absolute Gasteiger partial charge is 0.324 e. The van der Waals surface area contributed by atoms with Crippen molar-refractivity contribution in [3.05, 3.63) is 71.5 Å². The Hall–Kier alpha value is -3.41. The maximum atomic E-state index is 12.7. The number of hydrogen-bond acceptors (Lipinski definition) is 3. The molecule has 6 nitrogen and oxygen atoms in total. The van der Waals surface area contributed by atoms with Gasteiger partial charge in [-0.1, -0.05) is 36.8 Å². The molecule has 26 heavy (non-hydrogen) atoms. The number of rotatable bonds is 4. The standard InChI is InChI=1S/C20H19N5O/c1-3-18-15(12-21-25(18)14-10-8-13(2)9-11-14)19(26)24-20-22-16-6-4-5-7-17(16)23-20/h4-12H,3H2,1-2H3,(H2,22,23,24,26). The molecule has 2 aromatic carbocycles. The predicted octanol–water partition coefficient (Wildman–Crippen LogP) is 3.87. The number of amides is 1. The van der Waals surface area contributed by atoms with Crippen molar-refractivity contribution in [3.63, 3.8) is 0 Å². The average molecular weight is 345 g/mol. The molecule has 0 unspecified atom stereocenters. The number of hydrogen-bond donors (Lipinski definition) is 2. The number of para-hydroxylation sites is 2. The maximum absolute atomic E-state index is 12.7. The minimum absolute atomic E-state index is 0.223. The lowest BCUT2D eigenvalue weighted by Gasteiger charge is -2.08. The summed E-state index contributed by atoms with van der Waals surface area (Å²) < 4.78 is 1.81. The van der Waals surface area contributed by atoms with E-state index in [1.807, 2.05) is 67.1 Å². The zero-order chi connectivity index (χ0) is 18.1. The van der Waals surface area contributed by atoms with Gasteiger partial charge in [0.2, 0.25) is 5.95 Å². The van der Waals surface area contributed by atoms with E-state index in [4.69, 9.17) is 0 Å². The van der Waals surface area contributed by atoms with E-state index in [-0.39, 0.29) is 5.91 Å². The number of imidazole rings is 1. The molecule has 0 aliphatic heterocycles. The Morgan fingerprint density at radius 1 is 1.15 bits per heavy atom. The summed E-state index contributed by atoms with van der Waals surface area (Å²) in [5, 5.41) is 7.25. The zero-order valence-electron chi connectivity index (χ0n) is 14.7. The Balaban J connectivity index is 1.64. The van der Waals surface area contributed by atoms with Gasteiger partial charge in [0.05, 0.1) is 34.2 Å². The topological polar surface area (TPSA) is 75.6 Å². The summed E-state index contributed by atoms with van der Waals surface area (Å²) in [6.07, 6.45) is 2.30. The summed E-state index contributed by atoms with van der Waals surface area (Å²) in [4.78, 5) is 20.2. The van der Waals surface area contributed by atoms with Gasteiger partial charge < -0.3 is 4.98 Å². The number of nitrogens with one attached hydrogen (secondary N) is 2. The van der Waals surface area contributed by atoms with Crippen LogP contribution in [0.4, 0.5) is 5.95 Å². The van der Waals surface area contributed by atoms with Crippen LogP contribution >= 0.6 is 0 Å². The van der Waals surface area contributed by atoms with Gasteiger partial charge in [0.1, 0.15) is 0 Å². The number of carbonyl (C=O) groups excluding carboxylic acids is 1. The minimum Gasteiger partial charge on any atom is -0.324 e. The normalized spacial score (nSPS) is 11.0. The molecular formula is C20H19N5O. The first kappa shape index (κ1) is 16.1. The van der Waals surface area contributed by atoms with Crippen LogP contribution < -0.4 is 5.32 Å². The van der Waals surface area contributed by atoms with Gasteiger partial charge in [0.15, 0.2) is 0 Å². The van der Waals surface area contributed by atoms with Gasteiger partial charge in [-0.25, -0.2) is 9.67 Å². The molecule has 6 heteroatoms. The number of aromatic nitrogens is 4. The average Bonchev–Trinajstić information content (AvgIpc) is 3.25. The Bertz CT molecular complexity index is 1040. The molecule has 0 fully saturated rings. The lowest BCUT2D eigenvalue weighted by Crippen LogP contribution is -2.15. The fraction of sp³-hybridized carbons (Fsp3) is 0.150. The third kappa shape index (κ3) is 2.86. The first-order chi connectivity index (χ1) is 12.7. The Kier molecular flexibility index (Phi) is 4.01. The number of nitrogens with zero attached hydrogens (tertiary/aromatic N) is 3. The van der Waals surface area contributed by atoms with Crippen LogP contribution in [0, 0.1) is 6.92 Å². The molecule has 130 valence electrons. The Morgan fingerprint density at radius 2 is 1.92 bits per heavy atom. The summed E-state index contributed by atoms with van der Waals surface area (Å²) in [7, 11) is 0. The van der Waals surface area contributed by atoms with E-state index in [1.54, 1.807) is 6.20 Å². The number of aryl methyl sites for hydroxylation is 1. The van der Waals surface area contributed by atoms with Gasteiger partial charge in [0.25, 0.3) is 5.91 Å². The molecule has 0 aliphatic rings. The van der Waals surface area contributed by atoms with Crippen LogP contribution in [0.15, 0.2) is 54.7 Å². The summed E-state index contributed by atoms with van der Waals surface area (Å²) >= 11 is 0. The third-order valence-electron chi connectivity index (χ3n) is 4.35. The summed E-state index contributed by atoms with van der Waals surface area (Å²) in [5.41, 5.74) is 5.23. The quantitative estimate of drug-likeness (QED) is 0.589. The van der Waals surface area contributed by atoms with Crippen molar-refractivity contribution < 1.29 is 4.79 Å². The number of H-pyrrole nitrogens is 1. The van der Waals surface area contributed by atoms with Gasteiger partial charge in [-0.15, -0.1) is 0 Å². The Morgan fingerprint density at radius 3 is 2.65 bits per heavy atom. The summed E-state index contributed by atoms with van der Waals surface area (Å²) in [5.74, 6) is 0.209. The number of aromatic amines is 1. The van der Waals surface area contributed by atoms with Crippen molar-refractivity contribution >= 4 is 22.9 Å². The fourth-order valence-electron chi connectivity index (χ4n) is 3.00. The second-order valence-corrected chi connectivity index (χ2v) is 6.16. The van der Waals surface area contributed by atoms with Crippen molar-refractivity contribution in [3.8, 4) is 5.69 Å². The van der Waals surface area contributed by atoms with E-state index in [9.17, 15) is 4.79 Å². The molecule has 0 spiro atoms. The number of benzene rings is 2. The van der Waals surface area contributed by atoms with Crippen molar-refractivity contribution in [1.29, 1.82) is 0 Å². The van der Waals surface area contributed by atoms with Crippen molar-refractivity contribution in [2.24, 2.45) is 0 Å². The van der Waals surface area contributed by atoms with Gasteiger partial charge >= 0.3 is 0 Å². The van der Waals surface area contributed by atoms with Crippen LogP contribution in [0.2, 0.25) is 0 Å². The molecule has 0 saturated carbocycles. The van der Waals surface area contributed by atoms with Gasteiger partial charge in [-0.2, -0.15) is 5.10 Å². The molecule has 4 rings (SSSR count). The highest BCUT2D eigenvalue weighted by molar-refractivity contribution is 6.04. The molecule has 0 aliphatic carbocycles. The fourth-order valence-corrected chi connectivity index (χ4v) is 3.00. The van der Waals surface area contributed by atoms with E-state index in [2.05, 4.69) is 20.4 Å². The molecule has 0 radical (unpaired) electrons. The highest BCUT2D eigenvalue weighted by atomic mass is 16.1. The SMILES string of the molecule is CCc1c(C(=O)Nc2nc3ccccc3[nH]2)cnn1-c1ccc(C)cc1. The van der Waals surface area contributed by atoms with Crippen LogP contribution in [-0.4, -0.2) is 25.7 Å². The second-order valence-electron chi connectivity index (χ2n) is 6.16. The molecule has 2 N–H and O–H groups in total. The Labute approximate surface area is 150 Å². The third-order valence-corrected chi connectivity index (χ3v) is 4.35. The van der Waals surface area contributed by atoms with E-state index in [0.29, 0.717) is 17.9 Å². The van der Waals surface area contributed by atoms with Gasteiger partial charge in [-0.3, -0.25) is 10.1 Å². The molecule has 2 aromatic heterocycles. The maximum Gasteiger partial charge on any atom is 0.261 e. The molecule has 4 aromatic rings. The molecule has 0 atom stereocenters. The monoisotopic (exact) mass is 345 g/mol. The first-order valence-corrected chi connectivity index (χ1v) is 8.55. The van der Waals surface area contributed by atoms with Crippen LogP contribution in [0.5, 0.6) is 0 Å². The minimum atomic E-state index is -0.223.